The summed E-state index contributed by atoms with van der Waals surface area (Å²) < 4.78 is 0. The summed E-state index contributed by atoms with van der Waals surface area (Å²) >= 11 is 0. The van der Waals surface area contributed by atoms with Crippen LogP contribution in [0.25, 0.3) is 16.5 Å². The summed E-state index contributed by atoms with van der Waals surface area (Å²) in [7, 11) is 0. The van der Waals surface area contributed by atoms with Crippen molar-refractivity contribution in [3.8, 4) is 0 Å². The standard InChI is InChI=1S/C9H7N3O2/c10-12-11-9(14)8(13)6-7-4-2-1-3-5-7/h1-6,13H. The summed E-state index contributed by atoms with van der Waals surface area (Å²) in [5.41, 5.74) is 8.61. The average molecular weight is 189 g/mol. The molecule has 0 bridgehead atoms. The SMILES string of the molecule is [N-]=[N+]=NC(=O)C(O)=Cc1ccccc1. The third-order valence-electron chi connectivity index (χ3n) is 1.46. The predicted octanol–water partition coefficient (Wildman–Crippen LogP) is 2.42. The van der Waals surface area contributed by atoms with Gasteiger partial charge in [0.1, 0.15) is 0 Å². The first-order valence-electron chi connectivity index (χ1n) is 3.79. The van der Waals surface area contributed by atoms with Crippen LogP contribution in [0, 0.1) is 0 Å². The largest absolute Gasteiger partial charge is 0.504 e. The van der Waals surface area contributed by atoms with Crippen molar-refractivity contribution < 1.29 is 9.90 Å². The minimum atomic E-state index is -0.989. The fourth-order valence-electron chi connectivity index (χ4n) is 0.861. The van der Waals surface area contributed by atoms with Crippen LogP contribution in [0.5, 0.6) is 0 Å². The van der Waals surface area contributed by atoms with Crippen LogP contribution in [0.3, 0.4) is 0 Å². The summed E-state index contributed by atoms with van der Waals surface area (Å²) in [5, 5.41) is 11.9. The van der Waals surface area contributed by atoms with Gasteiger partial charge < -0.3 is 5.11 Å². The minimum Gasteiger partial charge on any atom is -0.504 e. The summed E-state index contributed by atoms with van der Waals surface area (Å²) in [4.78, 5) is 13.1. The first-order chi connectivity index (χ1) is 6.74. The quantitative estimate of drug-likeness (QED) is 0.254. The Morgan fingerprint density at radius 2 is 2.07 bits per heavy atom. The van der Waals surface area contributed by atoms with E-state index in [0.29, 0.717) is 5.56 Å². The molecule has 1 rings (SSSR count). The molecule has 0 aliphatic rings. The molecule has 0 aromatic heterocycles. The molecule has 0 saturated heterocycles. The fourth-order valence-corrected chi connectivity index (χ4v) is 0.861. The summed E-state index contributed by atoms with van der Waals surface area (Å²) in [6.07, 6.45) is 1.23. The van der Waals surface area contributed by atoms with Gasteiger partial charge in [-0.15, -0.1) is 0 Å². The van der Waals surface area contributed by atoms with E-state index >= 15 is 0 Å². The van der Waals surface area contributed by atoms with E-state index in [0.717, 1.165) is 0 Å². The first kappa shape index (κ1) is 9.83. The Balaban J connectivity index is 2.89. The highest BCUT2D eigenvalue weighted by molar-refractivity contribution is 5.95. The van der Waals surface area contributed by atoms with Gasteiger partial charge >= 0.3 is 0 Å². The smallest absolute Gasteiger partial charge is 0.283 e. The average Bonchev–Trinajstić information content (AvgIpc) is 2.19. The molecule has 5 heteroatoms. The van der Waals surface area contributed by atoms with E-state index in [4.69, 9.17) is 10.6 Å². The second kappa shape index (κ2) is 4.69. The zero-order valence-corrected chi connectivity index (χ0v) is 7.16. The number of aliphatic hydroxyl groups excluding tert-OH is 1. The molecule has 0 saturated carbocycles. The van der Waals surface area contributed by atoms with Crippen LogP contribution in [-0.2, 0) is 4.79 Å². The Bertz CT molecular complexity index is 405. The number of nitrogens with zero attached hydrogens (tertiary/aromatic N) is 3. The van der Waals surface area contributed by atoms with Crippen LogP contribution in [0.1, 0.15) is 5.56 Å². The normalized spacial score (nSPS) is 10.4. The third-order valence-corrected chi connectivity index (χ3v) is 1.46. The Kier molecular flexibility index (Phi) is 3.29. The van der Waals surface area contributed by atoms with Gasteiger partial charge in [-0.2, -0.15) is 0 Å². The topological polar surface area (TPSA) is 86.1 Å². The third kappa shape index (κ3) is 2.66. The second-order valence-corrected chi connectivity index (χ2v) is 2.43. The number of benzene rings is 1. The predicted molar refractivity (Wildman–Crippen MR) is 51.2 cm³/mol. The molecule has 0 aliphatic heterocycles. The van der Waals surface area contributed by atoms with Crippen molar-refractivity contribution in [2.75, 3.05) is 0 Å². The van der Waals surface area contributed by atoms with Crippen molar-refractivity contribution in [3.63, 3.8) is 0 Å². The van der Waals surface area contributed by atoms with Gasteiger partial charge in [-0.05, 0) is 22.3 Å². The van der Waals surface area contributed by atoms with Crippen molar-refractivity contribution in [1.82, 2.24) is 0 Å². The van der Waals surface area contributed by atoms with Crippen molar-refractivity contribution in [2.24, 2.45) is 5.11 Å². The van der Waals surface area contributed by atoms with Crippen LogP contribution in [0.15, 0.2) is 41.2 Å². The molecule has 0 heterocycles. The molecule has 0 atom stereocenters. The minimum absolute atomic E-state index is 0.575. The lowest BCUT2D eigenvalue weighted by molar-refractivity contribution is -0.116. The monoisotopic (exact) mass is 189 g/mol. The maximum atomic E-state index is 10.8. The van der Waals surface area contributed by atoms with Gasteiger partial charge in [-0.3, -0.25) is 4.79 Å². The highest BCUT2D eigenvalue weighted by Crippen LogP contribution is 2.05. The van der Waals surface area contributed by atoms with Gasteiger partial charge in [-0.25, -0.2) is 0 Å². The van der Waals surface area contributed by atoms with E-state index in [1.807, 2.05) is 6.07 Å². The summed E-state index contributed by atoms with van der Waals surface area (Å²) in [6.45, 7) is 0. The van der Waals surface area contributed by atoms with Crippen LogP contribution in [-0.4, -0.2) is 11.0 Å². The number of azide groups is 1. The van der Waals surface area contributed by atoms with Gasteiger partial charge in [0, 0.05) is 4.91 Å². The molecule has 0 fully saturated rings. The Morgan fingerprint density at radius 1 is 1.43 bits per heavy atom. The maximum Gasteiger partial charge on any atom is 0.283 e. The lowest BCUT2D eigenvalue weighted by Gasteiger charge is -1.93. The van der Waals surface area contributed by atoms with Gasteiger partial charge in [-0.1, -0.05) is 30.3 Å². The van der Waals surface area contributed by atoms with E-state index in [2.05, 4.69) is 10.0 Å². The first-order valence-corrected chi connectivity index (χ1v) is 3.79. The number of carbonyl (C=O) groups is 1. The number of rotatable bonds is 2. The summed E-state index contributed by atoms with van der Waals surface area (Å²) in [6, 6.07) is 8.75. The van der Waals surface area contributed by atoms with Crippen LogP contribution >= 0.6 is 0 Å². The fraction of sp³-hybridized carbons (Fsp3) is 0. The number of hydrogen-bond acceptors (Lipinski definition) is 2. The van der Waals surface area contributed by atoms with Gasteiger partial charge in [0.05, 0.1) is 0 Å². The second-order valence-electron chi connectivity index (χ2n) is 2.43. The molecule has 0 aliphatic carbocycles. The highest BCUT2D eigenvalue weighted by Gasteiger charge is 2.03. The molecular formula is C9H7N3O2. The van der Waals surface area contributed by atoms with Crippen molar-refractivity contribution >= 4 is 12.0 Å². The highest BCUT2D eigenvalue weighted by atomic mass is 16.3. The van der Waals surface area contributed by atoms with Gasteiger partial charge in [0.15, 0.2) is 5.76 Å². The number of aliphatic hydroxyl groups is 1. The molecule has 0 radical (unpaired) electrons. The Morgan fingerprint density at radius 3 is 2.64 bits per heavy atom. The van der Waals surface area contributed by atoms with Crippen LogP contribution < -0.4 is 0 Å². The molecule has 14 heavy (non-hydrogen) atoms. The molecule has 0 unspecified atom stereocenters. The molecule has 1 aromatic rings. The number of amides is 1. The van der Waals surface area contributed by atoms with Crippen LogP contribution in [0.2, 0.25) is 0 Å². The van der Waals surface area contributed by atoms with Gasteiger partial charge in [0.2, 0.25) is 0 Å². The van der Waals surface area contributed by atoms with E-state index in [-0.39, 0.29) is 0 Å². The Hall–Kier alpha value is -2.26. The van der Waals surface area contributed by atoms with Crippen molar-refractivity contribution in [2.45, 2.75) is 0 Å². The number of carbonyl (C=O) groups excluding carboxylic acids is 1. The van der Waals surface area contributed by atoms with Crippen molar-refractivity contribution in [1.29, 1.82) is 0 Å². The molecule has 70 valence electrons. The number of hydrogen-bond donors (Lipinski definition) is 1. The maximum absolute atomic E-state index is 10.8. The Labute approximate surface area is 79.9 Å². The molecule has 1 aromatic carbocycles. The van der Waals surface area contributed by atoms with E-state index in [1.54, 1.807) is 24.3 Å². The molecule has 5 nitrogen and oxygen atoms in total. The molecular weight excluding hydrogens is 182 g/mol. The van der Waals surface area contributed by atoms with Gasteiger partial charge in [0.25, 0.3) is 5.91 Å². The van der Waals surface area contributed by atoms with E-state index < -0.39 is 11.7 Å². The van der Waals surface area contributed by atoms with Crippen molar-refractivity contribution in [3.05, 3.63) is 52.1 Å². The summed E-state index contributed by atoms with van der Waals surface area (Å²) in [5.74, 6) is -1.56. The lowest BCUT2D eigenvalue weighted by Crippen LogP contribution is -1.95. The van der Waals surface area contributed by atoms with E-state index in [9.17, 15) is 4.79 Å². The molecule has 1 N–H and O–H groups in total. The zero-order valence-electron chi connectivity index (χ0n) is 7.16. The van der Waals surface area contributed by atoms with Crippen LogP contribution in [0.4, 0.5) is 0 Å². The lowest BCUT2D eigenvalue weighted by atomic mass is 10.2. The van der Waals surface area contributed by atoms with E-state index in [1.165, 1.54) is 6.08 Å². The molecule has 1 amide bonds. The zero-order chi connectivity index (χ0) is 10.4. The molecule has 0 spiro atoms.